The number of nitro benzene ring substituents is 1. The van der Waals surface area contributed by atoms with Crippen LogP contribution in [-0.4, -0.2) is 23.9 Å². The smallest absolute Gasteiger partial charge is 0.272 e. The van der Waals surface area contributed by atoms with Gasteiger partial charge in [-0.05, 0) is 18.9 Å². The van der Waals surface area contributed by atoms with Gasteiger partial charge in [0.25, 0.3) is 5.69 Å². The first-order valence-corrected chi connectivity index (χ1v) is 6.03. The highest BCUT2D eigenvalue weighted by atomic mass is 19.1. The minimum atomic E-state index is -0.678. The predicted octanol–water partition coefficient (Wildman–Crippen LogP) is 1.67. The van der Waals surface area contributed by atoms with Crippen LogP contribution in [0.1, 0.15) is 12.8 Å². The van der Waals surface area contributed by atoms with Crippen LogP contribution in [0.25, 0.3) is 0 Å². The number of hydrogen-bond donors (Lipinski definition) is 2. The summed E-state index contributed by atoms with van der Waals surface area (Å²) in [5.41, 5.74) is -0.101. The number of rotatable bonds is 6. The molecular formula is C12H14FN3O3. The van der Waals surface area contributed by atoms with Crippen LogP contribution in [0.4, 0.5) is 15.8 Å². The van der Waals surface area contributed by atoms with E-state index in [1.165, 1.54) is 12.1 Å². The standard InChI is InChI=1S/C12H14FN3O3/c13-10-7-9(16(18)19)3-4-11(10)14-5-6-15-12(17)8-1-2-8/h3-4,7-8,14H,1-2,5-6H2,(H,15,17). The number of hydrogen-bond acceptors (Lipinski definition) is 4. The summed E-state index contributed by atoms with van der Waals surface area (Å²) >= 11 is 0. The minimum Gasteiger partial charge on any atom is -0.381 e. The molecule has 19 heavy (non-hydrogen) atoms. The highest BCUT2D eigenvalue weighted by Gasteiger charge is 2.28. The van der Waals surface area contributed by atoms with Crippen molar-refractivity contribution in [2.24, 2.45) is 5.92 Å². The molecule has 0 radical (unpaired) electrons. The third kappa shape index (κ3) is 3.64. The Labute approximate surface area is 109 Å². The van der Waals surface area contributed by atoms with E-state index in [2.05, 4.69) is 10.6 Å². The number of nitrogens with zero attached hydrogens (tertiary/aromatic N) is 1. The van der Waals surface area contributed by atoms with Crippen molar-refractivity contribution >= 4 is 17.3 Å². The Kier molecular flexibility index (Phi) is 3.94. The number of carbonyl (C=O) groups excluding carboxylic acids is 1. The second-order valence-electron chi connectivity index (χ2n) is 4.41. The summed E-state index contributed by atoms with van der Waals surface area (Å²) in [7, 11) is 0. The Morgan fingerprint density at radius 1 is 1.42 bits per heavy atom. The average Bonchev–Trinajstić information content (AvgIpc) is 3.19. The molecule has 0 aromatic heterocycles. The van der Waals surface area contributed by atoms with E-state index >= 15 is 0 Å². The first kappa shape index (κ1) is 13.3. The lowest BCUT2D eigenvalue weighted by molar-refractivity contribution is -0.385. The van der Waals surface area contributed by atoms with Gasteiger partial charge in [0.05, 0.1) is 16.7 Å². The van der Waals surface area contributed by atoms with E-state index in [-0.39, 0.29) is 23.2 Å². The van der Waals surface area contributed by atoms with Crippen molar-refractivity contribution in [3.8, 4) is 0 Å². The first-order chi connectivity index (χ1) is 9.08. The Hall–Kier alpha value is -2.18. The van der Waals surface area contributed by atoms with Crippen molar-refractivity contribution in [3.63, 3.8) is 0 Å². The molecule has 6 nitrogen and oxygen atoms in total. The van der Waals surface area contributed by atoms with Crippen LogP contribution in [0, 0.1) is 21.8 Å². The van der Waals surface area contributed by atoms with E-state index in [0.29, 0.717) is 13.1 Å². The Morgan fingerprint density at radius 3 is 2.74 bits per heavy atom. The fourth-order valence-corrected chi connectivity index (χ4v) is 1.63. The van der Waals surface area contributed by atoms with Crippen molar-refractivity contribution in [3.05, 3.63) is 34.1 Å². The molecule has 0 bridgehead atoms. The van der Waals surface area contributed by atoms with Gasteiger partial charge in [0.1, 0.15) is 0 Å². The van der Waals surface area contributed by atoms with E-state index in [0.717, 1.165) is 18.9 Å². The molecule has 1 aromatic rings. The fourth-order valence-electron chi connectivity index (χ4n) is 1.63. The molecule has 2 rings (SSSR count). The SMILES string of the molecule is O=C(NCCNc1ccc([N+](=O)[O-])cc1F)C1CC1. The molecule has 0 atom stereocenters. The zero-order valence-corrected chi connectivity index (χ0v) is 10.2. The molecular weight excluding hydrogens is 253 g/mol. The maximum absolute atomic E-state index is 13.5. The molecule has 0 saturated heterocycles. The predicted molar refractivity (Wildman–Crippen MR) is 67.3 cm³/mol. The lowest BCUT2D eigenvalue weighted by Crippen LogP contribution is -2.29. The molecule has 0 unspecified atom stereocenters. The highest BCUT2D eigenvalue weighted by molar-refractivity contribution is 5.80. The molecule has 7 heteroatoms. The number of amides is 1. The Balaban J connectivity index is 1.79. The molecule has 0 spiro atoms. The van der Waals surface area contributed by atoms with E-state index in [1.807, 2.05) is 0 Å². The van der Waals surface area contributed by atoms with Crippen LogP contribution in [-0.2, 0) is 4.79 Å². The summed E-state index contributed by atoms with van der Waals surface area (Å²) in [5.74, 6) is -0.496. The van der Waals surface area contributed by atoms with Crippen LogP contribution in [0.2, 0.25) is 0 Å². The molecule has 1 fully saturated rings. The number of non-ortho nitro benzene ring substituents is 1. The van der Waals surface area contributed by atoms with Crippen molar-refractivity contribution in [2.75, 3.05) is 18.4 Å². The monoisotopic (exact) mass is 267 g/mol. The van der Waals surface area contributed by atoms with Crippen LogP contribution in [0.3, 0.4) is 0 Å². The summed E-state index contributed by atoms with van der Waals surface area (Å²) in [6.45, 7) is 0.763. The van der Waals surface area contributed by atoms with Crippen molar-refractivity contribution < 1.29 is 14.1 Å². The lowest BCUT2D eigenvalue weighted by atomic mass is 10.2. The van der Waals surface area contributed by atoms with Gasteiger partial charge in [-0.1, -0.05) is 0 Å². The Morgan fingerprint density at radius 2 is 2.16 bits per heavy atom. The van der Waals surface area contributed by atoms with Gasteiger partial charge in [-0.15, -0.1) is 0 Å². The van der Waals surface area contributed by atoms with Crippen molar-refractivity contribution in [1.29, 1.82) is 0 Å². The van der Waals surface area contributed by atoms with Crippen LogP contribution in [0.15, 0.2) is 18.2 Å². The summed E-state index contributed by atoms with van der Waals surface area (Å²) < 4.78 is 13.5. The van der Waals surface area contributed by atoms with Crippen LogP contribution in [0.5, 0.6) is 0 Å². The molecule has 0 aliphatic heterocycles. The zero-order valence-electron chi connectivity index (χ0n) is 10.2. The van der Waals surface area contributed by atoms with Gasteiger partial charge in [-0.2, -0.15) is 0 Å². The molecule has 2 N–H and O–H groups in total. The Bertz CT molecular complexity index is 503. The molecule has 1 aromatic carbocycles. The number of benzene rings is 1. The summed E-state index contributed by atoms with van der Waals surface area (Å²) in [4.78, 5) is 21.1. The lowest BCUT2D eigenvalue weighted by Gasteiger charge is -2.08. The van der Waals surface area contributed by atoms with Crippen molar-refractivity contribution in [1.82, 2.24) is 5.32 Å². The molecule has 102 valence electrons. The van der Waals surface area contributed by atoms with E-state index in [9.17, 15) is 19.3 Å². The topological polar surface area (TPSA) is 84.3 Å². The summed E-state index contributed by atoms with van der Waals surface area (Å²) in [5, 5.41) is 16.0. The number of halogens is 1. The third-order valence-electron chi connectivity index (χ3n) is 2.85. The summed E-state index contributed by atoms with van der Waals surface area (Å²) in [6.07, 6.45) is 1.88. The van der Waals surface area contributed by atoms with E-state index < -0.39 is 10.7 Å². The summed E-state index contributed by atoms with van der Waals surface area (Å²) in [6, 6.07) is 3.41. The quantitative estimate of drug-likeness (QED) is 0.466. The molecule has 1 aliphatic rings. The number of nitro groups is 1. The fraction of sp³-hybridized carbons (Fsp3) is 0.417. The average molecular weight is 267 g/mol. The zero-order chi connectivity index (χ0) is 13.8. The highest BCUT2D eigenvalue weighted by Crippen LogP contribution is 2.28. The minimum absolute atomic E-state index is 0.0333. The van der Waals surface area contributed by atoms with Crippen LogP contribution >= 0.6 is 0 Å². The van der Waals surface area contributed by atoms with E-state index in [4.69, 9.17) is 0 Å². The van der Waals surface area contributed by atoms with Gasteiger partial charge < -0.3 is 10.6 Å². The van der Waals surface area contributed by atoms with Gasteiger partial charge in [0.15, 0.2) is 5.82 Å². The number of anilines is 1. The third-order valence-corrected chi connectivity index (χ3v) is 2.85. The second-order valence-corrected chi connectivity index (χ2v) is 4.41. The molecule has 0 heterocycles. The van der Waals surface area contributed by atoms with Gasteiger partial charge in [-0.3, -0.25) is 14.9 Å². The normalized spacial score (nSPS) is 13.9. The van der Waals surface area contributed by atoms with Gasteiger partial charge in [-0.25, -0.2) is 4.39 Å². The first-order valence-electron chi connectivity index (χ1n) is 6.03. The number of nitrogens with one attached hydrogen (secondary N) is 2. The van der Waals surface area contributed by atoms with Gasteiger partial charge in [0.2, 0.25) is 5.91 Å². The maximum Gasteiger partial charge on any atom is 0.272 e. The maximum atomic E-state index is 13.5. The van der Waals surface area contributed by atoms with Crippen molar-refractivity contribution in [2.45, 2.75) is 12.8 Å². The molecule has 1 saturated carbocycles. The number of carbonyl (C=O) groups is 1. The van der Waals surface area contributed by atoms with Gasteiger partial charge in [0, 0.05) is 25.1 Å². The molecule has 1 amide bonds. The van der Waals surface area contributed by atoms with E-state index in [1.54, 1.807) is 0 Å². The van der Waals surface area contributed by atoms with Crippen LogP contribution < -0.4 is 10.6 Å². The van der Waals surface area contributed by atoms with Gasteiger partial charge >= 0.3 is 0 Å². The second kappa shape index (κ2) is 5.64. The largest absolute Gasteiger partial charge is 0.381 e. The molecule has 1 aliphatic carbocycles.